The summed E-state index contributed by atoms with van der Waals surface area (Å²) in [5.41, 5.74) is 6.93. The molecule has 0 heterocycles. The first-order chi connectivity index (χ1) is 9.27. The summed E-state index contributed by atoms with van der Waals surface area (Å²) >= 11 is 0. The molecule has 1 aromatic carbocycles. The highest BCUT2D eigenvalue weighted by atomic mass is 16.5. The van der Waals surface area contributed by atoms with Gasteiger partial charge in [-0.15, -0.1) is 0 Å². The van der Waals surface area contributed by atoms with Gasteiger partial charge in [0, 0.05) is 0 Å². The molecule has 0 bridgehead atoms. The number of unbranched alkanes of at least 4 members (excludes halogenated alkanes) is 6. The van der Waals surface area contributed by atoms with Gasteiger partial charge in [0.15, 0.2) is 0 Å². The van der Waals surface area contributed by atoms with Crippen molar-refractivity contribution in [3.63, 3.8) is 0 Å². The number of nitrogens with two attached hydrogens (primary N) is 1. The molecule has 19 heavy (non-hydrogen) atoms. The maximum atomic E-state index is 8.74. The van der Waals surface area contributed by atoms with Crippen molar-refractivity contribution >= 4 is 5.69 Å². The van der Waals surface area contributed by atoms with E-state index >= 15 is 0 Å². The van der Waals surface area contributed by atoms with Gasteiger partial charge in [0.2, 0.25) is 0 Å². The predicted molar refractivity (Wildman–Crippen MR) is 79.1 cm³/mol. The predicted octanol–water partition coefficient (Wildman–Crippen LogP) is 4.27. The van der Waals surface area contributed by atoms with Gasteiger partial charge in [-0.05, 0) is 24.6 Å². The first-order valence-corrected chi connectivity index (χ1v) is 7.20. The van der Waals surface area contributed by atoms with Crippen LogP contribution in [0.3, 0.4) is 0 Å². The maximum Gasteiger partial charge on any atom is 0.142 e. The molecular weight excluding hydrogens is 236 g/mol. The molecule has 0 spiro atoms. The number of rotatable bonds is 9. The van der Waals surface area contributed by atoms with Crippen LogP contribution in [-0.2, 0) is 0 Å². The Kier molecular flexibility index (Phi) is 7.50. The molecule has 0 fully saturated rings. The van der Waals surface area contributed by atoms with Crippen LogP contribution in [0.1, 0.15) is 57.4 Å². The molecule has 0 aliphatic rings. The molecule has 3 nitrogen and oxygen atoms in total. The Morgan fingerprint density at radius 1 is 1.11 bits per heavy atom. The fourth-order valence-electron chi connectivity index (χ4n) is 1.99. The van der Waals surface area contributed by atoms with Crippen molar-refractivity contribution in [2.24, 2.45) is 0 Å². The van der Waals surface area contributed by atoms with Gasteiger partial charge in [0.05, 0.1) is 23.9 Å². The van der Waals surface area contributed by atoms with Crippen molar-refractivity contribution in [3.8, 4) is 11.8 Å². The van der Waals surface area contributed by atoms with E-state index in [2.05, 4.69) is 13.0 Å². The third-order valence-electron chi connectivity index (χ3n) is 3.14. The molecule has 0 atom stereocenters. The van der Waals surface area contributed by atoms with Gasteiger partial charge >= 0.3 is 0 Å². The zero-order valence-corrected chi connectivity index (χ0v) is 11.8. The molecule has 0 saturated heterocycles. The van der Waals surface area contributed by atoms with Gasteiger partial charge in [-0.25, -0.2) is 0 Å². The van der Waals surface area contributed by atoms with Crippen LogP contribution in [0.5, 0.6) is 5.75 Å². The molecular formula is C16H24N2O. The van der Waals surface area contributed by atoms with Crippen LogP contribution in [0.15, 0.2) is 18.2 Å². The Hall–Kier alpha value is -1.69. The molecule has 2 N–H and O–H groups in total. The van der Waals surface area contributed by atoms with Gasteiger partial charge in [0.25, 0.3) is 0 Å². The third kappa shape index (κ3) is 6.15. The lowest BCUT2D eigenvalue weighted by Gasteiger charge is -2.08. The lowest BCUT2D eigenvalue weighted by molar-refractivity contribution is 0.306. The molecule has 1 rings (SSSR count). The van der Waals surface area contributed by atoms with Crippen molar-refractivity contribution < 1.29 is 4.74 Å². The van der Waals surface area contributed by atoms with E-state index in [-0.39, 0.29) is 0 Å². The second-order valence-electron chi connectivity index (χ2n) is 4.83. The van der Waals surface area contributed by atoms with E-state index in [4.69, 9.17) is 15.7 Å². The quantitative estimate of drug-likeness (QED) is 0.533. The zero-order valence-electron chi connectivity index (χ0n) is 11.8. The van der Waals surface area contributed by atoms with E-state index in [9.17, 15) is 0 Å². The topological polar surface area (TPSA) is 59.0 Å². The highest BCUT2D eigenvalue weighted by Gasteiger charge is 2.01. The number of benzene rings is 1. The van der Waals surface area contributed by atoms with E-state index < -0.39 is 0 Å². The number of nitrogens with zero attached hydrogens (tertiary/aromatic N) is 1. The van der Waals surface area contributed by atoms with Crippen LogP contribution in [0.4, 0.5) is 5.69 Å². The van der Waals surface area contributed by atoms with Crippen molar-refractivity contribution in [3.05, 3.63) is 23.8 Å². The number of nitrogen functional groups attached to an aromatic ring is 1. The molecule has 3 heteroatoms. The summed E-state index contributed by atoms with van der Waals surface area (Å²) in [6.07, 6.45) is 8.86. The molecule has 1 aromatic rings. The van der Waals surface area contributed by atoms with Crippen LogP contribution in [0.25, 0.3) is 0 Å². The number of hydrogen-bond acceptors (Lipinski definition) is 3. The van der Waals surface area contributed by atoms with Gasteiger partial charge in [-0.1, -0.05) is 45.4 Å². The number of hydrogen-bond donors (Lipinski definition) is 1. The standard InChI is InChI=1S/C16H24N2O/c1-2-3-4-5-6-7-8-11-19-16-10-9-14(13-17)12-15(16)18/h9-10,12H,2-8,11,18H2,1H3. The molecule has 0 saturated carbocycles. The minimum absolute atomic E-state index is 0.544. The van der Waals surface area contributed by atoms with E-state index in [1.165, 1.54) is 38.5 Å². The Morgan fingerprint density at radius 2 is 1.79 bits per heavy atom. The second kappa shape index (κ2) is 9.27. The minimum Gasteiger partial charge on any atom is -0.491 e. The Labute approximate surface area is 116 Å². The lowest BCUT2D eigenvalue weighted by atomic mass is 10.1. The van der Waals surface area contributed by atoms with Crippen LogP contribution < -0.4 is 10.5 Å². The molecule has 0 aliphatic carbocycles. The summed E-state index contributed by atoms with van der Waals surface area (Å²) in [7, 11) is 0. The molecule has 0 unspecified atom stereocenters. The minimum atomic E-state index is 0.544. The first kappa shape index (κ1) is 15.4. The van der Waals surface area contributed by atoms with Gasteiger partial charge < -0.3 is 10.5 Å². The molecule has 0 radical (unpaired) electrons. The largest absolute Gasteiger partial charge is 0.491 e. The second-order valence-corrected chi connectivity index (χ2v) is 4.83. The first-order valence-electron chi connectivity index (χ1n) is 7.20. The van der Waals surface area contributed by atoms with E-state index in [0.29, 0.717) is 23.6 Å². The highest BCUT2D eigenvalue weighted by molar-refractivity contribution is 5.56. The van der Waals surface area contributed by atoms with Crippen molar-refractivity contribution in [1.82, 2.24) is 0 Å². The lowest BCUT2D eigenvalue weighted by Crippen LogP contribution is -2.00. The summed E-state index contributed by atoms with van der Waals surface area (Å²) in [4.78, 5) is 0. The van der Waals surface area contributed by atoms with Gasteiger partial charge in [-0.2, -0.15) is 5.26 Å². The molecule has 0 aromatic heterocycles. The summed E-state index contributed by atoms with van der Waals surface area (Å²) in [5.74, 6) is 0.685. The summed E-state index contributed by atoms with van der Waals surface area (Å²) in [6.45, 7) is 2.93. The molecule has 0 aliphatic heterocycles. The fourth-order valence-corrected chi connectivity index (χ4v) is 1.99. The van der Waals surface area contributed by atoms with Crippen molar-refractivity contribution in [2.75, 3.05) is 12.3 Å². The highest BCUT2D eigenvalue weighted by Crippen LogP contribution is 2.22. The average molecular weight is 260 g/mol. The summed E-state index contributed by atoms with van der Waals surface area (Å²) in [6, 6.07) is 7.22. The summed E-state index contributed by atoms with van der Waals surface area (Å²) in [5, 5.41) is 8.74. The van der Waals surface area contributed by atoms with E-state index in [1.54, 1.807) is 18.2 Å². The SMILES string of the molecule is CCCCCCCCCOc1ccc(C#N)cc1N. The Morgan fingerprint density at radius 3 is 2.42 bits per heavy atom. The normalized spacial score (nSPS) is 10.1. The monoisotopic (exact) mass is 260 g/mol. The van der Waals surface area contributed by atoms with E-state index in [1.807, 2.05) is 0 Å². The third-order valence-corrected chi connectivity index (χ3v) is 3.14. The van der Waals surface area contributed by atoms with Crippen molar-refractivity contribution in [1.29, 1.82) is 5.26 Å². The number of ether oxygens (including phenoxy) is 1. The zero-order chi connectivity index (χ0) is 13.9. The molecule has 0 amide bonds. The van der Waals surface area contributed by atoms with Crippen molar-refractivity contribution in [2.45, 2.75) is 51.9 Å². The Bertz CT molecular complexity index is 410. The smallest absolute Gasteiger partial charge is 0.142 e. The van der Waals surface area contributed by atoms with Crippen LogP contribution >= 0.6 is 0 Å². The van der Waals surface area contributed by atoms with Crippen LogP contribution in [-0.4, -0.2) is 6.61 Å². The summed E-state index contributed by atoms with van der Waals surface area (Å²) < 4.78 is 5.63. The maximum absolute atomic E-state index is 8.74. The number of anilines is 1. The fraction of sp³-hybridized carbons (Fsp3) is 0.562. The van der Waals surface area contributed by atoms with E-state index in [0.717, 1.165) is 6.42 Å². The van der Waals surface area contributed by atoms with Crippen LogP contribution in [0, 0.1) is 11.3 Å². The van der Waals surface area contributed by atoms with Gasteiger partial charge in [-0.3, -0.25) is 0 Å². The van der Waals surface area contributed by atoms with Crippen LogP contribution in [0.2, 0.25) is 0 Å². The number of nitriles is 1. The Balaban J connectivity index is 2.14. The average Bonchev–Trinajstić information content (AvgIpc) is 2.43. The molecule has 104 valence electrons. The van der Waals surface area contributed by atoms with Gasteiger partial charge in [0.1, 0.15) is 5.75 Å².